The molecule has 4 aromatic rings. The van der Waals surface area contributed by atoms with E-state index in [1.807, 2.05) is 47.0 Å². The lowest BCUT2D eigenvalue weighted by Crippen LogP contribution is -2.23. The van der Waals surface area contributed by atoms with Crippen molar-refractivity contribution in [3.8, 4) is 10.6 Å². The maximum Gasteiger partial charge on any atom is 0.271 e. The Hall–Kier alpha value is -2.70. The summed E-state index contributed by atoms with van der Waals surface area (Å²) in [5, 5.41) is 6.08. The largest absolute Gasteiger partial charge is 0.345 e. The van der Waals surface area contributed by atoms with E-state index in [4.69, 9.17) is 11.6 Å². The first-order chi connectivity index (χ1) is 12.2. The number of fused-ring (bicyclic) bond motifs is 1. The Balaban J connectivity index is 1.46. The molecule has 0 atom stereocenters. The van der Waals surface area contributed by atoms with E-state index >= 15 is 0 Å². The summed E-state index contributed by atoms with van der Waals surface area (Å²) < 4.78 is 1.83. The first-order valence-electron chi connectivity index (χ1n) is 7.61. The molecule has 1 N–H and O–H groups in total. The molecule has 0 spiro atoms. The predicted molar refractivity (Wildman–Crippen MR) is 98.9 cm³/mol. The van der Waals surface area contributed by atoms with Crippen LogP contribution in [0.2, 0.25) is 5.02 Å². The molecule has 0 aliphatic rings. The van der Waals surface area contributed by atoms with Crippen LogP contribution in [0.25, 0.3) is 16.2 Å². The summed E-state index contributed by atoms with van der Waals surface area (Å²) >= 11 is 7.41. The van der Waals surface area contributed by atoms with Gasteiger partial charge in [-0.2, -0.15) is 0 Å². The van der Waals surface area contributed by atoms with Gasteiger partial charge in [-0.05, 0) is 12.1 Å². The van der Waals surface area contributed by atoms with Gasteiger partial charge < -0.3 is 9.72 Å². The number of benzene rings is 1. The Labute approximate surface area is 152 Å². The topological polar surface area (TPSA) is 59.3 Å². The third-order valence-electron chi connectivity index (χ3n) is 3.65. The molecule has 25 heavy (non-hydrogen) atoms. The SMILES string of the molecule is O=C(NCc1cn2cc(Cl)ccc2n1)c1csc(-c2ccccc2)n1. The Kier molecular flexibility index (Phi) is 4.21. The van der Waals surface area contributed by atoms with E-state index in [2.05, 4.69) is 15.3 Å². The van der Waals surface area contributed by atoms with Crippen molar-refractivity contribution in [1.82, 2.24) is 19.7 Å². The molecule has 0 saturated heterocycles. The zero-order valence-electron chi connectivity index (χ0n) is 13.0. The minimum absolute atomic E-state index is 0.214. The van der Waals surface area contributed by atoms with Gasteiger partial charge in [0.1, 0.15) is 16.3 Å². The summed E-state index contributed by atoms with van der Waals surface area (Å²) in [7, 11) is 0. The monoisotopic (exact) mass is 368 g/mol. The van der Waals surface area contributed by atoms with Crippen LogP contribution in [0.15, 0.2) is 60.2 Å². The number of nitrogens with one attached hydrogen (secondary N) is 1. The lowest BCUT2D eigenvalue weighted by molar-refractivity contribution is 0.0946. The maximum atomic E-state index is 12.3. The molecular weight excluding hydrogens is 356 g/mol. The molecule has 124 valence electrons. The van der Waals surface area contributed by atoms with Crippen molar-refractivity contribution < 1.29 is 4.79 Å². The number of hydrogen-bond acceptors (Lipinski definition) is 4. The summed E-state index contributed by atoms with van der Waals surface area (Å²) in [5.41, 5.74) is 2.96. The third kappa shape index (κ3) is 3.40. The van der Waals surface area contributed by atoms with Gasteiger partial charge in [0, 0.05) is 23.3 Å². The van der Waals surface area contributed by atoms with E-state index in [1.165, 1.54) is 11.3 Å². The van der Waals surface area contributed by atoms with E-state index in [-0.39, 0.29) is 5.91 Å². The van der Waals surface area contributed by atoms with Crippen molar-refractivity contribution in [2.45, 2.75) is 6.54 Å². The fourth-order valence-corrected chi connectivity index (χ4v) is 3.43. The van der Waals surface area contributed by atoms with Gasteiger partial charge in [-0.25, -0.2) is 9.97 Å². The minimum atomic E-state index is -0.214. The number of carbonyl (C=O) groups is 1. The molecule has 0 fully saturated rings. The van der Waals surface area contributed by atoms with Crippen LogP contribution >= 0.6 is 22.9 Å². The molecule has 5 nitrogen and oxygen atoms in total. The van der Waals surface area contributed by atoms with Crippen LogP contribution in [0.3, 0.4) is 0 Å². The smallest absolute Gasteiger partial charge is 0.271 e. The van der Waals surface area contributed by atoms with Crippen molar-refractivity contribution in [3.63, 3.8) is 0 Å². The van der Waals surface area contributed by atoms with Gasteiger partial charge in [-0.3, -0.25) is 4.79 Å². The average Bonchev–Trinajstić information content (AvgIpc) is 3.27. The molecule has 7 heteroatoms. The number of aromatic nitrogens is 3. The number of rotatable bonds is 4. The number of imidazole rings is 1. The van der Waals surface area contributed by atoms with Crippen molar-refractivity contribution in [1.29, 1.82) is 0 Å². The number of hydrogen-bond donors (Lipinski definition) is 1. The highest BCUT2D eigenvalue weighted by atomic mass is 35.5. The van der Waals surface area contributed by atoms with Gasteiger partial charge >= 0.3 is 0 Å². The first kappa shape index (κ1) is 15.8. The number of carbonyl (C=O) groups excluding carboxylic acids is 1. The Morgan fingerprint density at radius 2 is 1.96 bits per heavy atom. The lowest BCUT2D eigenvalue weighted by atomic mass is 10.2. The molecule has 0 bridgehead atoms. The number of pyridine rings is 1. The Morgan fingerprint density at radius 3 is 2.80 bits per heavy atom. The van der Waals surface area contributed by atoms with E-state index in [9.17, 15) is 4.79 Å². The quantitative estimate of drug-likeness (QED) is 0.591. The fraction of sp³-hybridized carbons (Fsp3) is 0.0556. The van der Waals surface area contributed by atoms with Gasteiger partial charge in [0.05, 0.1) is 17.3 Å². The summed E-state index contributed by atoms with van der Waals surface area (Å²) in [6, 6.07) is 13.4. The number of nitrogens with zero attached hydrogens (tertiary/aromatic N) is 3. The summed E-state index contributed by atoms with van der Waals surface area (Å²) in [5.74, 6) is -0.214. The van der Waals surface area contributed by atoms with E-state index in [1.54, 1.807) is 17.6 Å². The molecule has 0 aliphatic heterocycles. The van der Waals surface area contributed by atoms with Crippen molar-refractivity contribution >= 4 is 34.5 Å². The highest BCUT2D eigenvalue weighted by molar-refractivity contribution is 7.13. The van der Waals surface area contributed by atoms with Crippen LogP contribution in [0, 0.1) is 0 Å². The van der Waals surface area contributed by atoms with Crippen LogP contribution in [-0.2, 0) is 6.54 Å². The highest BCUT2D eigenvalue weighted by Crippen LogP contribution is 2.23. The average molecular weight is 369 g/mol. The summed E-state index contributed by atoms with van der Waals surface area (Å²) in [4.78, 5) is 21.2. The number of amides is 1. The van der Waals surface area contributed by atoms with Gasteiger partial charge in [0.15, 0.2) is 0 Å². The Bertz CT molecular complexity index is 1040. The van der Waals surface area contributed by atoms with Crippen molar-refractivity contribution in [3.05, 3.63) is 76.6 Å². The second-order valence-electron chi connectivity index (χ2n) is 5.43. The molecule has 0 unspecified atom stereocenters. The molecule has 0 radical (unpaired) electrons. The molecule has 3 aromatic heterocycles. The maximum absolute atomic E-state index is 12.3. The van der Waals surface area contributed by atoms with Gasteiger partial charge in [-0.15, -0.1) is 11.3 Å². The Morgan fingerprint density at radius 1 is 1.12 bits per heavy atom. The molecule has 0 saturated carbocycles. The first-order valence-corrected chi connectivity index (χ1v) is 8.87. The summed E-state index contributed by atoms with van der Waals surface area (Å²) in [6.45, 7) is 0.330. The van der Waals surface area contributed by atoms with Gasteiger partial charge in [-0.1, -0.05) is 41.9 Å². The summed E-state index contributed by atoms with van der Waals surface area (Å²) in [6.07, 6.45) is 3.62. The predicted octanol–water partition coefficient (Wildman–Crippen LogP) is 4.04. The van der Waals surface area contributed by atoms with Crippen LogP contribution in [-0.4, -0.2) is 20.3 Å². The van der Waals surface area contributed by atoms with Crippen molar-refractivity contribution in [2.24, 2.45) is 0 Å². The van der Waals surface area contributed by atoms with Gasteiger partial charge in [0.2, 0.25) is 0 Å². The zero-order chi connectivity index (χ0) is 17.2. The highest BCUT2D eigenvalue weighted by Gasteiger charge is 2.12. The second-order valence-corrected chi connectivity index (χ2v) is 6.73. The standard InChI is InChI=1S/C18H13ClN4OS/c19-13-6-7-16-21-14(10-23(16)9-13)8-20-17(24)15-11-25-18(22-15)12-4-2-1-3-5-12/h1-7,9-11H,8H2,(H,20,24). The van der Waals surface area contributed by atoms with E-state index < -0.39 is 0 Å². The number of thiazole rings is 1. The van der Waals surface area contributed by atoms with Crippen molar-refractivity contribution in [2.75, 3.05) is 0 Å². The molecule has 1 amide bonds. The lowest BCUT2D eigenvalue weighted by Gasteiger charge is -1.99. The van der Waals surface area contributed by atoms with Crippen LogP contribution in [0.1, 0.15) is 16.2 Å². The van der Waals surface area contributed by atoms with Crippen LogP contribution in [0.4, 0.5) is 0 Å². The van der Waals surface area contributed by atoms with E-state index in [0.717, 1.165) is 21.9 Å². The van der Waals surface area contributed by atoms with Crippen LogP contribution < -0.4 is 5.32 Å². The second kappa shape index (κ2) is 6.66. The zero-order valence-corrected chi connectivity index (χ0v) is 14.6. The van der Waals surface area contributed by atoms with Gasteiger partial charge in [0.25, 0.3) is 5.91 Å². The fourth-order valence-electron chi connectivity index (χ4n) is 2.46. The molecule has 1 aromatic carbocycles. The molecule has 3 heterocycles. The van der Waals surface area contributed by atoms with Crippen LogP contribution in [0.5, 0.6) is 0 Å². The van der Waals surface area contributed by atoms with E-state index in [0.29, 0.717) is 17.3 Å². The minimum Gasteiger partial charge on any atom is -0.345 e. The molecule has 0 aliphatic carbocycles. The molecular formula is C18H13ClN4OS. The third-order valence-corrected chi connectivity index (χ3v) is 4.77. The number of halogens is 1. The normalized spacial score (nSPS) is 10.9. The molecule has 4 rings (SSSR count).